The predicted octanol–water partition coefficient (Wildman–Crippen LogP) is 5.36. The first-order valence-corrected chi connectivity index (χ1v) is 9.08. The molecule has 0 bridgehead atoms. The van der Waals surface area contributed by atoms with Crippen LogP contribution in [0.15, 0.2) is 66.7 Å². The number of nitrogens with one attached hydrogen (secondary N) is 1. The molecule has 1 amide bonds. The Bertz CT molecular complexity index is 972. The van der Waals surface area contributed by atoms with E-state index in [-0.39, 0.29) is 12.5 Å². The van der Waals surface area contributed by atoms with Gasteiger partial charge < -0.3 is 14.8 Å². The summed E-state index contributed by atoms with van der Waals surface area (Å²) in [7, 11) is 0. The topological polar surface area (TPSA) is 47.6 Å². The van der Waals surface area contributed by atoms with E-state index in [1.807, 2.05) is 38.1 Å². The van der Waals surface area contributed by atoms with Crippen LogP contribution < -0.4 is 14.8 Å². The van der Waals surface area contributed by atoms with E-state index in [1.54, 1.807) is 30.3 Å². The minimum atomic E-state index is -0.406. The third-order valence-corrected chi connectivity index (χ3v) is 4.18. The highest BCUT2D eigenvalue weighted by atomic mass is 19.1. The zero-order chi connectivity index (χ0) is 19.9. The van der Waals surface area contributed by atoms with E-state index in [9.17, 15) is 9.18 Å². The Morgan fingerprint density at radius 2 is 1.79 bits per heavy atom. The first-order valence-electron chi connectivity index (χ1n) is 9.08. The fourth-order valence-electron chi connectivity index (χ4n) is 2.77. The Hall–Kier alpha value is -3.34. The quantitative estimate of drug-likeness (QED) is 0.601. The highest BCUT2D eigenvalue weighted by Crippen LogP contribution is 2.25. The summed E-state index contributed by atoms with van der Waals surface area (Å²) in [5, 5.41) is 2.70. The van der Waals surface area contributed by atoms with Gasteiger partial charge in [0.2, 0.25) is 0 Å². The lowest BCUT2D eigenvalue weighted by molar-refractivity contribution is 0.102. The molecular weight excluding hydrogens is 357 g/mol. The van der Waals surface area contributed by atoms with Gasteiger partial charge in [-0.25, -0.2) is 4.39 Å². The van der Waals surface area contributed by atoms with Gasteiger partial charge in [-0.05, 0) is 61.9 Å². The van der Waals surface area contributed by atoms with Crippen molar-refractivity contribution < 1.29 is 18.7 Å². The maximum Gasteiger partial charge on any atom is 0.255 e. The maximum absolute atomic E-state index is 13.3. The van der Waals surface area contributed by atoms with E-state index in [1.165, 1.54) is 12.1 Å². The standard InChI is InChI=1S/C23H22FNO3/c1-3-27-22-12-11-17(23(26)25-20-9-6-8-19(24)14-20)13-18(22)15-28-21-10-5-4-7-16(21)2/h4-14H,3,15H2,1-2H3,(H,25,26). The summed E-state index contributed by atoms with van der Waals surface area (Å²) in [6.07, 6.45) is 0. The molecule has 144 valence electrons. The summed E-state index contributed by atoms with van der Waals surface area (Å²) in [6.45, 7) is 4.64. The number of hydrogen-bond donors (Lipinski definition) is 1. The van der Waals surface area contributed by atoms with Gasteiger partial charge in [-0.3, -0.25) is 4.79 Å². The summed E-state index contributed by atoms with van der Waals surface area (Å²) in [4.78, 5) is 12.6. The molecule has 0 radical (unpaired) electrons. The molecule has 3 aromatic carbocycles. The van der Waals surface area contributed by atoms with Crippen molar-refractivity contribution in [1.82, 2.24) is 0 Å². The van der Waals surface area contributed by atoms with Gasteiger partial charge in [-0.2, -0.15) is 0 Å². The third kappa shape index (κ3) is 4.88. The monoisotopic (exact) mass is 379 g/mol. The lowest BCUT2D eigenvalue weighted by Gasteiger charge is -2.14. The first-order chi connectivity index (χ1) is 13.6. The number of ether oxygens (including phenoxy) is 2. The third-order valence-electron chi connectivity index (χ3n) is 4.18. The Balaban J connectivity index is 1.80. The van der Waals surface area contributed by atoms with Crippen LogP contribution in [-0.4, -0.2) is 12.5 Å². The fraction of sp³-hybridized carbons (Fsp3) is 0.174. The molecule has 0 unspecified atom stereocenters. The first kappa shape index (κ1) is 19.4. The number of hydrogen-bond acceptors (Lipinski definition) is 3. The lowest BCUT2D eigenvalue weighted by Crippen LogP contribution is -2.13. The molecule has 0 fully saturated rings. The molecule has 28 heavy (non-hydrogen) atoms. The highest BCUT2D eigenvalue weighted by molar-refractivity contribution is 6.04. The molecule has 0 aromatic heterocycles. The van der Waals surface area contributed by atoms with Crippen LogP contribution in [0.25, 0.3) is 0 Å². The molecule has 0 heterocycles. The van der Waals surface area contributed by atoms with Gasteiger partial charge in [-0.15, -0.1) is 0 Å². The number of carbonyl (C=O) groups excluding carboxylic acids is 1. The molecule has 0 aliphatic rings. The molecular formula is C23H22FNO3. The van der Waals surface area contributed by atoms with Gasteiger partial charge in [0.1, 0.15) is 23.9 Å². The smallest absolute Gasteiger partial charge is 0.255 e. The Morgan fingerprint density at radius 1 is 0.964 bits per heavy atom. The van der Waals surface area contributed by atoms with Gasteiger partial charge in [0, 0.05) is 16.8 Å². The van der Waals surface area contributed by atoms with Crippen molar-refractivity contribution in [2.24, 2.45) is 0 Å². The summed E-state index contributed by atoms with van der Waals surface area (Å²) in [5.74, 6) is 0.709. The molecule has 0 atom stereocenters. The molecule has 3 rings (SSSR count). The summed E-state index contributed by atoms with van der Waals surface area (Å²) < 4.78 is 24.9. The number of halogens is 1. The average Bonchev–Trinajstić information content (AvgIpc) is 2.68. The molecule has 0 spiro atoms. The lowest BCUT2D eigenvalue weighted by atomic mass is 10.1. The van der Waals surface area contributed by atoms with Crippen LogP contribution in [0.1, 0.15) is 28.4 Å². The van der Waals surface area contributed by atoms with E-state index in [4.69, 9.17) is 9.47 Å². The molecule has 1 N–H and O–H groups in total. The van der Waals surface area contributed by atoms with Crippen molar-refractivity contribution in [3.05, 3.63) is 89.2 Å². The summed E-state index contributed by atoms with van der Waals surface area (Å²) >= 11 is 0. The molecule has 0 aliphatic carbocycles. The fourth-order valence-corrected chi connectivity index (χ4v) is 2.77. The largest absolute Gasteiger partial charge is 0.493 e. The van der Waals surface area contributed by atoms with Gasteiger partial charge in [0.05, 0.1) is 6.61 Å². The second-order valence-electron chi connectivity index (χ2n) is 6.27. The molecule has 0 saturated carbocycles. The van der Waals surface area contributed by atoms with E-state index >= 15 is 0 Å². The SMILES string of the molecule is CCOc1ccc(C(=O)Nc2cccc(F)c2)cc1COc1ccccc1C. The average molecular weight is 379 g/mol. The van der Waals surface area contributed by atoms with Crippen LogP contribution in [0.5, 0.6) is 11.5 Å². The molecule has 3 aromatic rings. The van der Waals surface area contributed by atoms with Crippen molar-refractivity contribution in [2.75, 3.05) is 11.9 Å². The van der Waals surface area contributed by atoms with E-state index in [0.29, 0.717) is 23.6 Å². The van der Waals surface area contributed by atoms with Crippen molar-refractivity contribution in [3.63, 3.8) is 0 Å². The second kappa shape index (κ2) is 9.04. The van der Waals surface area contributed by atoms with Gasteiger partial charge >= 0.3 is 0 Å². The molecule has 0 saturated heterocycles. The van der Waals surface area contributed by atoms with Gasteiger partial charge in [0.25, 0.3) is 5.91 Å². The van der Waals surface area contributed by atoms with Gasteiger partial charge in [0.15, 0.2) is 0 Å². The number of rotatable bonds is 7. The van der Waals surface area contributed by atoms with Crippen LogP contribution in [0.3, 0.4) is 0 Å². The highest BCUT2D eigenvalue weighted by Gasteiger charge is 2.12. The summed E-state index contributed by atoms with van der Waals surface area (Å²) in [6, 6.07) is 18.7. The maximum atomic E-state index is 13.3. The van der Waals surface area contributed by atoms with Crippen molar-refractivity contribution in [1.29, 1.82) is 0 Å². The molecule has 0 aliphatic heterocycles. The number of carbonyl (C=O) groups is 1. The van der Waals surface area contributed by atoms with Crippen molar-refractivity contribution in [3.8, 4) is 11.5 Å². The van der Waals surface area contributed by atoms with Crippen molar-refractivity contribution in [2.45, 2.75) is 20.5 Å². The van der Waals surface area contributed by atoms with E-state index < -0.39 is 5.82 Å². The minimum absolute atomic E-state index is 0.265. The second-order valence-corrected chi connectivity index (χ2v) is 6.27. The van der Waals surface area contributed by atoms with Crippen LogP contribution in [0.2, 0.25) is 0 Å². The molecule has 4 nitrogen and oxygen atoms in total. The zero-order valence-electron chi connectivity index (χ0n) is 15.9. The van der Waals surface area contributed by atoms with Crippen LogP contribution in [-0.2, 0) is 6.61 Å². The number of amides is 1. The minimum Gasteiger partial charge on any atom is -0.493 e. The van der Waals surface area contributed by atoms with E-state index in [0.717, 1.165) is 16.9 Å². The Labute approximate surface area is 163 Å². The summed E-state index contributed by atoms with van der Waals surface area (Å²) in [5.41, 5.74) is 2.63. The van der Waals surface area contributed by atoms with Crippen LogP contribution in [0, 0.1) is 12.7 Å². The van der Waals surface area contributed by atoms with Crippen LogP contribution >= 0.6 is 0 Å². The number of para-hydroxylation sites is 1. The molecule has 5 heteroatoms. The normalized spacial score (nSPS) is 10.4. The van der Waals surface area contributed by atoms with E-state index in [2.05, 4.69) is 5.32 Å². The van der Waals surface area contributed by atoms with Crippen molar-refractivity contribution >= 4 is 11.6 Å². The number of benzene rings is 3. The van der Waals surface area contributed by atoms with Crippen LogP contribution in [0.4, 0.5) is 10.1 Å². The Kier molecular flexibility index (Phi) is 6.27. The Morgan fingerprint density at radius 3 is 2.54 bits per heavy atom. The zero-order valence-corrected chi connectivity index (χ0v) is 15.9. The number of aryl methyl sites for hydroxylation is 1. The number of anilines is 1. The predicted molar refractivity (Wildman–Crippen MR) is 107 cm³/mol. The van der Waals surface area contributed by atoms with Gasteiger partial charge in [-0.1, -0.05) is 24.3 Å².